The molecule has 0 saturated heterocycles. The van der Waals surface area contributed by atoms with Crippen molar-refractivity contribution in [3.8, 4) is 0 Å². The maximum absolute atomic E-state index is 12.2. The number of anilines is 1. The van der Waals surface area contributed by atoms with Crippen LogP contribution in [0.25, 0.3) is 21.7 Å². The van der Waals surface area contributed by atoms with E-state index >= 15 is 0 Å². The van der Waals surface area contributed by atoms with Crippen molar-refractivity contribution in [2.45, 2.75) is 105 Å². The van der Waals surface area contributed by atoms with Crippen LogP contribution >= 0.6 is 11.8 Å². The molecule has 2 aliphatic heterocycles. The molecule has 0 amide bonds. The van der Waals surface area contributed by atoms with Crippen molar-refractivity contribution < 1.29 is 34.4 Å². The number of fused-ring (bicyclic) bond motifs is 6. The number of thioether (sulfide) groups is 1. The van der Waals surface area contributed by atoms with Crippen LogP contribution in [0.4, 0.5) is 5.88 Å². The first-order chi connectivity index (χ1) is 22.3. The molecule has 1 radical (unpaired) electrons. The molecule has 0 unspecified atom stereocenters. The van der Waals surface area contributed by atoms with Crippen molar-refractivity contribution in [3.63, 3.8) is 0 Å². The fraction of sp³-hybridized carbons (Fsp3) is 0.463. The smallest absolute Gasteiger partial charge is 0.197 e. The van der Waals surface area contributed by atoms with E-state index < -0.39 is 0 Å². The van der Waals surface area contributed by atoms with Gasteiger partial charge in [-0.1, -0.05) is 97.5 Å². The van der Waals surface area contributed by atoms with Crippen molar-refractivity contribution >= 4 is 50.9 Å². The molecule has 0 bridgehead atoms. The number of aliphatic hydroxyl groups excluding tert-OH is 1. The second kappa shape index (κ2) is 14.9. The molecule has 0 saturated carbocycles. The predicted octanol–water partition coefficient (Wildman–Crippen LogP) is 11.2. The Bertz CT molecular complexity index is 1860. The third-order valence-electron chi connectivity index (χ3n) is 10.7. The van der Waals surface area contributed by atoms with Crippen LogP contribution < -0.4 is 5.32 Å². The molecule has 1 aromatic heterocycles. The number of hydrogen-bond acceptors (Lipinski definition) is 6. The summed E-state index contributed by atoms with van der Waals surface area (Å²) in [6.45, 7) is 19.4. The number of aliphatic imine (C=N–C) groups is 1. The van der Waals surface area contributed by atoms with Gasteiger partial charge in [0.05, 0.1) is 0 Å². The summed E-state index contributed by atoms with van der Waals surface area (Å²) in [6.07, 6.45) is 5.87. The van der Waals surface area contributed by atoms with Gasteiger partial charge in [-0.3, -0.25) is 4.79 Å². The van der Waals surface area contributed by atoms with Crippen LogP contribution in [0.2, 0.25) is 0 Å². The first kappa shape index (κ1) is 37.9. The number of hydrogen-bond donors (Lipinski definition) is 2. The molecule has 48 heavy (non-hydrogen) atoms. The molecule has 5 nitrogen and oxygen atoms in total. The van der Waals surface area contributed by atoms with Crippen LogP contribution in [0.3, 0.4) is 0 Å². The number of aryl methyl sites for hydroxylation is 1. The van der Waals surface area contributed by atoms with Gasteiger partial charge >= 0.3 is 0 Å². The van der Waals surface area contributed by atoms with E-state index in [0.29, 0.717) is 6.67 Å². The van der Waals surface area contributed by atoms with Gasteiger partial charge in [-0.2, -0.15) is 0 Å². The maximum atomic E-state index is 12.2. The summed E-state index contributed by atoms with van der Waals surface area (Å²) < 4.78 is 6.23. The number of benzene rings is 3. The second-order valence-electron chi connectivity index (χ2n) is 14.5. The van der Waals surface area contributed by atoms with E-state index in [1.807, 2.05) is 53.3 Å². The topological polar surface area (TPSA) is 74.8 Å². The molecule has 6 rings (SSSR count). The van der Waals surface area contributed by atoms with Gasteiger partial charge in [0.1, 0.15) is 18.0 Å². The normalized spacial score (nSPS) is 14.8. The standard InChI is InChI=1S/C26H23N2OS.C15H28O2.Ir/c1-26(2,3)19-13-17(12-16-6-4-5-7-18(16)19)23-22-21-20(29-25(22)28-14-27-23)9-8-15-10-11-30-24(15)21;1-7-14(5,8-2)12(16)11-13(17)15(6,9-3)10-4;/h4-9,13,28H,10-11,14H2,1-3H3;11,16H,7-10H2,1-6H3;/q-1;;/b;12-11-;. The van der Waals surface area contributed by atoms with E-state index in [-0.39, 0.29) is 47.9 Å². The SMILES string of the molecule is CC(C)(C)c1cc(C2=NCNc3oc4ccc5c(c4c32)SCC5)[c-]c2ccccc12.CCC(C)(CC)C(=O)/C=C(\O)C(C)(CC)CC.[Ir]. The Morgan fingerprint density at radius 3 is 2.31 bits per heavy atom. The Kier molecular flexibility index (Phi) is 11.8. The second-order valence-corrected chi connectivity index (χ2v) is 15.6. The summed E-state index contributed by atoms with van der Waals surface area (Å²) >= 11 is 1.93. The van der Waals surface area contributed by atoms with Gasteiger partial charge in [0.25, 0.3) is 0 Å². The number of ketones is 1. The number of furan rings is 1. The van der Waals surface area contributed by atoms with Gasteiger partial charge < -0.3 is 19.8 Å². The molecule has 0 spiro atoms. The summed E-state index contributed by atoms with van der Waals surface area (Å²) in [5, 5.41) is 17.1. The third kappa shape index (κ3) is 7.20. The van der Waals surface area contributed by atoms with Crippen LogP contribution in [0.15, 0.2) is 68.6 Å². The summed E-state index contributed by atoms with van der Waals surface area (Å²) in [5.41, 5.74) is 6.22. The van der Waals surface area contributed by atoms with Gasteiger partial charge in [0.2, 0.25) is 0 Å². The largest absolute Gasteiger partial charge is 0.512 e. The number of carbonyl (C=O) groups excluding carboxylic acids is 1. The van der Waals surface area contributed by atoms with Gasteiger partial charge in [-0.15, -0.1) is 40.9 Å². The van der Waals surface area contributed by atoms with Crippen LogP contribution in [0.1, 0.15) is 110 Å². The third-order valence-corrected chi connectivity index (χ3v) is 11.8. The van der Waals surface area contributed by atoms with E-state index in [1.54, 1.807) is 0 Å². The maximum Gasteiger partial charge on any atom is 0.197 e. The van der Waals surface area contributed by atoms with Crippen LogP contribution in [0.5, 0.6) is 0 Å². The van der Waals surface area contributed by atoms with Crippen molar-refractivity contribution in [3.05, 3.63) is 82.6 Å². The number of nitrogens with one attached hydrogen (secondary N) is 1. The molecule has 3 aromatic carbocycles. The minimum Gasteiger partial charge on any atom is -0.512 e. The summed E-state index contributed by atoms with van der Waals surface area (Å²) in [6, 6.07) is 18.8. The van der Waals surface area contributed by atoms with Crippen molar-refractivity contribution in [1.29, 1.82) is 0 Å². The molecular formula is C41H51IrN2O3S-. The van der Waals surface area contributed by atoms with E-state index in [0.717, 1.165) is 71.5 Å². The molecular weight excluding hydrogens is 793 g/mol. The number of carbonyl (C=O) groups is 1. The zero-order valence-electron chi connectivity index (χ0n) is 30.0. The van der Waals surface area contributed by atoms with Crippen molar-refractivity contribution in [1.82, 2.24) is 0 Å². The molecule has 0 atom stereocenters. The summed E-state index contributed by atoms with van der Waals surface area (Å²) in [7, 11) is 0. The van der Waals surface area contributed by atoms with E-state index in [1.165, 1.54) is 32.9 Å². The van der Waals surface area contributed by atoms with E-state index in [9.17, 15) is 9.90 Å². The number of allylic oxidation sites excluding steroid dienone is 2. The van der Waals surface area contributed by atoms with Gasteiger partial charge in [0, 0.05) is 64.3 Å². The molecule has 2 N–H and O–H groups in total. The van der Waals surface area contributed by atoms with Gasteiger partial charge in [-0.05, 0) is 49.1 Å². The zero-order chi connectivity index (χ0) is 34.1. The molecule has 0 aliphatic carbocycles. The predicted molar refractivity (Wildman–Crippen MR) is 199 cm³/mol. The fourth-order valence-corrected chi connectivity index (χ4v) is 7.56. The molecule has 259 valence electrons. The average molecular weight is 844 g/mol. The Balaban J connectivity index is 0.000000251. The Hall–Kier alpha value is -2.86. The first-order valence-electron chi connectivity index (χ1n) is 17.2. The van der Waals surface area contributed by atoms with Gasteiger partial charge in [-0.25, -0.2) is 0 Å². The van der Waals surface area contributed by atoms with Crippen LogP contribution in [0, 0.1) is 16.9 Å². The average Bonchev–Trinajstić information content (AvgIpc) is 3.71. The summed E-state index contributed by atoms with van der Waals surface area (Å²) in [5.74, 6) is 2.24. The van der Waals surface area contributed by atoms with E-state index in [2.05, 4.69) is 74.6 Å². The minimum atomic E-state index is -0.337. The van der Waals surface area contributed by atoms with Crippen LogP contribution in [-0.4, -0.2) is 29.0 Å². The number of rotatable bonds is 8. The number of nitrogens with zero attached hydrogens (tertiary/aromatic N) is 1. The Morgan fingerprint density at radius 2 is 1.67 bits per heavy atom. The monoisotopic (exact) mass is 844 g/mol. The van der Waals surface area contributed by atoms with E-state index in [4.69, 9.17) is 9.41 Å². The Morgan fingerprint density at radius 1 is 1.00 bits per heavy atom. The molecule has 3 heterocycles. The fourth-order valence-electron chi connectivity index (χ4n) is 6.33. The van der Waals surface area contributed by atoms with Crippen molar-refractivity contribution in [2.75, 3.05) is 17.7 Å². The molecule has 7 heteroatoms. The quantitative estimate of drug-likeness (QED) is 0.105. The minimum absolute atomic E-state index is 0. The zero-order valence-corrected chi connectivity index (χ0v) is 33.2. The van der Waals surface area contributed by atoms with Crippen molar-refractivity contribution in [2.24, 2.45) is 15.8 Å². The van der Waals surface area contributed by atoms with Gasteiger partial charge in [0.15, 0.2) is 11.7 Å². The Labute approximate surface area is 304 Å². The number of aliphatic hydroxyl groups is 1. The molecule has 4 aromatic rings. The first-order valence-corrected chi connectivity index (χ1v) is 18.2. The molecule has 2 aliphatic rings. The molecule has 0 fully saturated rings. The van der Waals surface area contributed by atoms with Crippen LogP contribution in [-0.2, 0) is 36.7 Å². The summed E-state index contributed by atoms with van der Waals surface area (Å²) in [4.78, 5) is 18.5.